The second-order valence-corrected chi connectivity index (χ2v) is 4.84. The zero-order chi connectivity index (χ0) is 13.3. The number of aliphatic hydroxyl groups excluding tert-OH is 1. The predicted molar refractivity (Wildman–Crippen MR) is 68.5 cm³/mol. The van der Waals surface area contributed by atoms with E-state index in [1.54, 1.807) is 17.1 Å². The summed E-state index contributed by atoms with van der Waals surface area (Å²) in [5, 5.41) is 14.9. The highest BCUT2D eigenvalue weighted by Crippen LogP contribution is 2.28. The first-order chi connectivity index (χ1) is 8.50. The van der Waals surface area contributed by atoms with Crippen molar-refractivity contribution in [2.75, 3.05) is 0 Å². The lowest BCUT2D eigenvalue weighted by Gasteiger charge is -2.15. The Kier molecular flexibility index (Phi) is 3.63. The number of hydrogen-bond acceptors (Lipinski definition) is 4. The molecule has 2 rings (SSSR count). The van der Waals surface area contributed by atoms with Gasteiger partial charge in [0.2, 0.25) is 0 Å². The zero-order valence-electron chi connectivity index (χ0n) is 10.5. The van der Waals surface area contributed by atoms with Crippen molar-refractivity contribution in [1.29, 1.82) is 0 Å². The smallest absolute Gasteiger partial charge is 0.163 e. The molecule has 5 nitrogen and oxygen atoms in total. The maximum absolute atomic E-state index is 10.3. The number of halogens is 1. The van der Waals surface area contributed by atoms with Crippen LogP contribution in [0.5, 0.6) is 0 Å². The van der Waals surface area contributed by atoms with Crippen molar-refractivity contribution in [1.82, 2.24) is 19.7 Å². The third kappa shape index (κ3) is 2.37. The zero-order valence-corrected chi connectivity index (χ0v) is 11.3. The molecule has 1 atom stereocenters. The molecule has 2 heterocycles. The van der Waals surface area contributed by atoms with Crippen LogP contribution in [-0.2, 0) is 0 Å². The van der Waals surface area contributed by atoms with Gasteiger partial charge in [0.25, 0.3) is 0 Å². The fourth-order valence-corrected chi connectivity index (χ4v) is 1.92. The second kappa shape index (κ2) is 5.04. The number of aliphatic hydroxyl groups is 1. The summed E-state index contributed by atoms with van der Waals surface area (Å²) >= 11 is 6.07. The quantitative estimate of drug-likeness (QED) is 0.926. The number of hydrogen-bond donors (Lipinski definition) is 1. The van der Waals surface area contributed by atoms with Crippen molar-refractivity contribution in [3.05, 3.63) is 40.7 Å². The van der Waals surface area contributed by atoms with Gasteiger partial charge in [-0.2, -0.15) is 5.10 Å². The van der Waals surface area contributed by atoms with Crippen LogP contribution in [0.3, 0.4) is 0 Å². The summed E-state index contributed by atoms with van der Waals surface area (Å²) in [5.74, 6) is 0.324. The lowest BCUT2D eigenvalue weighted by molar-refractivity contribution is 0.195. The molecule has 2 aromatic rings. The Morgan fingerprint density at radius 3 is 2.39 bits per heavy atom. The highest BCUT2D eigenvalue weighted by atomic mass is 35.5. The third-order valence-corrected chi connectivity index (χ3v) is 2.87. The minimum absolute atomic E-state index is 0.104. The molecule has 0 aliphatic carbocycles. The minimum Gasteiger partial charge on any atom is -0.379 e. The van der Waals surface area contributed by atoms with E-state index in [9.17, 15) is 5.11 Å². The molecule has 0 aliphatic rings. The fraction of sp³-hybridized carbons (Fsp3) is 0.417. The normalized spacial score (nSPS) is 13.0. The van der Waals surface area contributed by atoms with Crippen LogP contribution in [0.2, 0.25) is 5.02 Å². The van der Waals surface area contributed by atoms with Crippen LogP contribution in [0.25, 0.3) is 0 Å². The maximum Gasteiger partial charge on any atom is 0.163 e. The van der Waals surface area contributed by atoms with Gasteiger partial charge in [0.1, 0.15) is 0 Å². The Morgan fingerprint density at radius 2 is 1.83 bits per heavy atom. The summed E-state index contributed by atoms with van der Waals surface area (Å²) in [4.78, 5) is 8.23. The number of aromatic nitrogens is 4. The van der Waals surface area contributed by atoms with Gasteiger partial charge in [-0.05, 0) is 26.3 Å². The number of aryl methyl sites for hydroxylation is 1. The van der Waals surface area contributed by atoms with E-state index in [1.165, 1.54) is 6.20 Å². The highest BCUT2D eigenvalue weighted by Gasteiger charge is 2.23. The van der Waals surface area contributed by atoms with E-state index in [1.807, 2.05) is 20.8 Å². The van der Waals surface area contributed by atoms with Crippen LogP contribution in [0.15, 0.2) is 18.6 Å². The Hall–Kier alpha value is -1.46. The molecule has 0 radical (unpaired) electrons. The molecule has 0 saturated heterocycles. The van der Waals surface area contributed by atoms with E-state index in [2.05, 4.69) is 15.1 Å². The molecule has 0 bridgehead atoms. The van der Waals surface area contributed by atoms with Gasteiger partial charge in [-0.1, -0.05) is 11.6 Å². The molecule has 18 heavy (non-hydrogen) atoms. The van der Waals surface area contributed by atoms with Gasteiger partial charge in [0, 0.05) is 18.4 Å². The molecule has 1 N–H and O–H groups in total. The van der Waals surface area contributed by atoms with E-state index in [4.69, 9.17) is 11.6 Å². The van der Waals surface area contributed by atoms with Crippen molar-refractivity contribution in [3.8, 4) is 0 Å². The standard InChI is InChI=1S/C12H15ClN4O/c1-7(2)17-10(9(13)6-16-17)11(18)12-14-4-8(3)5-15-12/h4-7,11,18H,1-3H3. The molecule has 0 saturated carbocycles. The number of rotatable bonds is 3. The molecule has 96 valence electrons. The van der Waals surface area contributed by atoms with Gasteiger partial charge in [0.05, 0.1) is 16.9 Å². The molecule has 0 amide bonds. The fourth-order valence-electron chi connectivity index (χ4n) is 1.68. The lowest BCUT2D eigenvalue weighted by Crippen LogP contribution is -2.14. The average molecular weight is 267 g/mol. The first kappa shape index (κ1) is 13.0. The molecule has 6 heteroatoms. The Balaban J connectivity index is 2.42. The van der Waals surface area contributed by atoms with Gasteiger partial charge >= 0.3 is 0 Å². The average Bonchev–Trinajstić information content (AvgIpc) is 2.71. The first-order valence-electron chi connectivity index (χ1n) is 5.70. The van der Waals surface area contributed by atoms with Gasteiger partial charge < -0.3 is 5.11 Å². The van der Waals surface area contributed by atoms with E-state index in [-0.39, 0.29) is 6.04 Å². The van der Waals surface area contributed by atoms with Crippen LogP contribution in [0.4, 0.5) is 0 Å². The monoisotopic (exact) mass is 266 g/mol. The minimum atomic E-state index is -0.969. The lowest BCUT2D eigenvalue weighted by atomic mass is 10.2. The Bertz CT molecular complexity index is 536. The summed E-state index contributed by atoms with van der Waals surface area (Å²) in [6, 6.07) is 0.104. The summed E-state index contributed by atoms with van der Waals surface area (Å²) in [5.41, 5.74) is 1.46. The molecule has 0 aromatic carbocycles. The van der Waals surface area contributed by atoms with Crippen LogP contribution >= 0.6 is 11.6 Å². The van der Waals surface area contributed by atoms with Crippen LogP contribution in [0.1, 0.15) is 43.1 Å². The summed E-state index contributed by atoms with van der Waals surface area (Å²) in [6.45, 7) is 5.83. The van der Waals surface area contributed by atoms with E-state index < -0.39 is 6.10 Å². The topological polar surface area (TPSA) is 63.8 Å². The van der Waals surface area contributed by atoms with Crippen molar-refractivity contribution >= 4 is 11.6 Å². The van der Waals surface area contributed by atoms with E-state index in [0.29, 0.717) is 16.5 Å². The van der Waals surface area contributed by atoms with Crippen molar-refractivity contribution in [2.45, 2.75) is 32.9 Å². The van der Waals surface area contributed by atoms with Crippen molar-refractivity contribution in [2.24, 2.45) is 0 Å². The molecule has 0 fully saturated rings. The second-order valence-electron chi connectivity index (χ2n) is 4.44. The van der Waals surface area contributed by atoms with Gasteiger partial charge in [-0.3, -0.25) is 4.68 Å². The van der Waals surface area contributed by atoms with Crippen LogP contribution in [0, 0.1) is 6.92 Å². The summed E-state index contributed by atoms with van der Waals surface area (Å²) in [6.07, 6.45) is 3.88. The predicted octanol–water partition coefficient (Wildman–Crippen LogP) is 2.30. The molecule has 2 aromatic heterocycles. The van der Waals surface area contributed by atoms with E-state index in [0.717, 1.165) is 5.56 Å². The molecular weight excluding hydrogens is 252 g/mol. The third-order valence-electron chi connectivity index (χ3n) is 2.58. The number of nitrogens with zero attached hydrogens (tertiary/aromatic N) is 4. The van der Waals surface area contributed by atoms with Crippen LogP contribution in [-0.4, -0.2) is 24.9 Å². The van der Waals surface area contributed by atoms with Gasteiger partial charge in [-0.15, -0.1) is 0 Å². The molecule has 0 spiro atoms. The molecule has 1 unspecified atom stereocenters. The van der Waals surface area contributed by atoms with Gasteiger partial charge in [0.15, 0.2) is 11.9 Å². The van der Waals surface area contributed by atoms with Crippen molar-refractivity contribution < 1.29 is 5.11 Å². The summed E-state index contributed by atoms with van der Waals surface area (Å²) in [7, 11) is 0. The Morgan fingerprint density at radius 1 is 1.22 bits per heavy atom. The van der Waals surface area contributed by atoms with Crippen molar-refractivity contribution in [3.63, 3.8) is 0 Å². The summed E-state index contributed by atoms with van der Waals surface area (Å²) < 4.78 is 1.68. The maximum atomic E-state index is 10.3. The highest BCUT2D eigenvalue weighted by molar-refractivity contribution is 6.31. The molecular formula is C12H15ClN4O. The Labute approximate surface area is 110 Å². The molecule has 0 aliphatic heterocycles. The van der Waals surface area contributed by atoms with Gasteiger partial charge in [-0.25, -0.2) is 9.97 Å². The largest absolute Gasteiger partial charge is 0.379 e. The SMILES string of the molecule is Cc1cnc(C(O)c2c(Cl)cnn2C(C)C)nc1. The van der Waals surface area contributed by atoms with Crippen LogP contribution < -0.4 is 0 Å². The van der Waals surface area contributed by atoms with E-state index >= 15 is 0 Å². The first-order valence-corrected chi connectivity index (χ1v) is 6.08.